The summed E-state index contributed by atoms with van der Waals surface area (Å²) in [6.07, 6.45) is 2.15. The zero-order valence-corrected chi connectivity index (χ0v) is 10.9. The molecule has 0 saturated heterocycles. The van der Waals surface area contributed by atoms with Gasteiger partial charge in [0.05, 0.1) is 10.3 Å². The minimum absolute atomic E-state index is 0.0259. The molecule has 0 radical (unpaired) electrons. The molecule has 0 aromatic heterocycles. The van der Waals surface area contributed by atoms with Gasteiger partial charge in [0.2, 0.25) is 5.91 Å². The number of thioether (sulfide) groups is 1. The van der Waals surface area contributed by atoms with Crippen LogP contribution in [0.3, 0.4) is 0 Å². The van der Waals surface area contributed by atoms with Crippen LogP contribution < -0.4 is 5.32 Å². The van der Waals surface area contributed by atoms with Gasteiger partial charge in [-0.1, -0.05) is 11.6 Å². The first kappa shape index (κ1) is 12.7. The van der Waals surface area contributed by atoms with Gasteiger partial charge in [-0.15, -0.1) is 11.8 Å². The molecule has 5 heteroatoms. The van der Waals surface area contributed by atoms with Crippen molar-refractivity contribution in [1.82, 2.24) is 5.32 Å². The summed E-state index contributed by atoms with van der Waals surface area (Å²) >= 11 is 7.06. The van der Waals surface area contributed by atoms with Crippen LogP contribution in [0.4, 0.5) is 4.39 Å². The summed E-state index contributed by atoms with van der Waals surface area (Å²) in [6.45, 7) is 1.83. The molecular weight excluding hydrogens is 261 g/mol. The van der Waals surface area contributed by atoms with Crippen molar-refractivity contribution < 1.29 is 9.18 Å². The normalized spacial score (nSPS) is 16.6. The second-order valence-corrected chi connectivity index (χ2v) is 5.94. The lowest BCUT2D eigenvalue weighted by Crippen LogP contribution is -2.32. The monoisotopic (exact) mass is 273 g/mol. The Bertz CT molecular complexity index is 437. The zero-order valence-electron chi connectivity index (χ0n) is 9.37. The van der Waals surface area contributed by atoms with Crippen molar-refractivity contribution >= 4 is 29.3 Å². The zero-order chi connectivity index (χ0) is 12.4. The van der Waals surface area contributed by atoms with Gasteiger partial charge in [0.25, 0.3) is 0 Å². The van der Waals surface area contributed by atoms with Gasteiger partial charge in [-0.3, -0.25) is 4.79 Å². The molecule has 0 heterocycles. The van der Waals surface area contributed by atoms with E-state index in [2.05, 4.69) is 5.32 Å². The molecule has 1 atom stereocenters. The van der Waals surface area contributed by atoms with Crippen LogP contribution in [0.1, 0.15) is 19.8 Å². The van der Waals surface area contributed by atoms with Crippen LogP contribution in [-0.2, 0) is 4.79 Å². The molecule has 1 amide bonds. The van der Waals surface area contributed by atoms with E-state index in [0.29, 0.717) is 6.04 Å². The number of nitrogens with one attached hydrogen (secondary N) is 1. The SMILES string of the molecule is C[C@@H](Sc1ccc(F)c(Cl)c1)C(=O)NC1CC1. The highest BCUT2D eigenvalue weighted by Crippen LogP contribution is 2.28. The van der Waals surface area contributed by atoms with Crippen LogP contribution >= 0.6 is 23.4 Å². The van der Waals surface area contributed by atoms with Crippen molar-refractivity contribution in [2.24, 2.45) is 0 Å². The molecule has 92 valence electrons. The maximum atomic E-state index is 13.0. The van der Waals surface area contributed by atoms with Crippen molar-refractivity contribution in [2.75, 3.05) is 0 Å². The van der Waals surface area contributed by atoms with E-state index in [1.807, 2.05) is 6.92 Å². The fourth-order valence-electron chi connectivity index (χ4n) is 1.35. The molecular formula is C12H13ClFNOS. The standard InChI is InChI=1S/C12H13ClFNOS/c1-7(12(16)15-8-2-3-8)17-9-4-5-11(14)10(13)6-9/h4-8H,2-3H2,1H3,(H,15,16)/t7-/m1/s1. The molecule has 2 rings (SSSR count). The minimum Gasteiger partial charge on any atom is -0.352 e. The van der Waals surface area contributed by atoms with Gasteiger partial charge in [-0.05, 0) is 38.0 Å². The molecule has 2 nitrogen and oxygen atoms in total. The molecule has 0 aliphatic heterocycles. The Morgan fingerprint density at radius 2 is 2.29 bits per heavy atom. The van der Waals surface area contributed by atoms with Crippen molar-refractivity contribution in [2.45, 2.75) is 36.0 Å². The third kappa shape index (κ3) is 3.61. The third-order valence-corrected chi connectivity index (χ3v) is 3.88. The van der Waals surface area contributed by atoms with Crippen LogP contribution in [0.5, 0.6) is 0 Å². The number of amides is 1. The number of benzene rings is 1. The number of hydrogen-bond acceptors (Lipinski definition) is 2. The van der Waals surface area contributed by atoms with Crippen molar-refractivity contribution in [3.63, 3.8) is 0 Å². The molecule has 0 bridgehead atoms. The summed E-state index contributed by atoms with van der Waals surface area (Å²) in [5.74, 6) is -0.413. The van der Waals surface area contributed by atoms with Crippen LogP contribution in [0, 0.1) is 5.82 Å². The van der Waals surface area contributed by atoms with E-state index in [1.165, 1.54) is 17.8 Å². The van der Waals surface area contributed by atoms with Crippen LogP contribution in [0.25, 0.3) is 0 Å². The van der Waals surface area contributed by atoms with Crippen LogP contribution in [0.15, 0.2) is 23.1 Å². The van der Waals surface area contributed by atoms with Crippen LogP contribution in [0.2, 0.25) is 5.02 Å². The van der Waals surface area contributed by atoms with E-state index < -0.39 is 5.82 Å². The lowest BCUT2D eigenvalue weighted by atomic mass is 10.3. The molecule has 1 saturated carbocycles. The molecule has 1 aliphatic carbocycles. The van der Waals surface area contributed by atoms with Gasteiger partial charge >= 0.3 is 0 Å². The molecule has 17 heavy (non-hydrogen) atoms. The fourth-order valence-corrected chi connectivity index (χ4v) is 2.52. The minimum atomic E-state index is -0.439. The van der Waals surface area contributed by atoms with Gasteiger partial charge < -0.3 is 5.32 Å². The number of hydrogen-bond donors (Lipinski definition) is 1. The van der Waals surface area contributed by atoms with E-state index in [0.717, 1.165) is 17.7 Å². The second kappa shape index (κ2) is 5.27. The molecule has 1 aromatic carbocycles. The number of halogens is 2. The molecule has 0 spiro atoms. The Balaban J connectivity index is 1.94. The molecule has 0 unspecified atom stereocenters. The Morgan fingerprint density at radius 3 is 2.88 bits per heavy atom. The van der Waals surface area contributed by atoms with Gasteiger partial charge in [0.15, 0.2) is 0 Å². The summed E-state index contributed by atoms with van der Waals surface area (Å²) in [5.41, 5.74) is 0. The van der Waals surface area contributed by atoms with Crippen LogP contribution in [-0.4, -0.2) is 17.2 Å². The quantitative estimate of drug-likeness (QED) is 0.854. The number of rotatable bonds is 4. The predicted molar refractivity (Wildman–Crippen MR) is 67.9 cm³/mol. The summed E-state index contributed by atoms with van der Waals surface area (Å²) in [5, 5.41) is 2.82. The topological polar surface area (TPSA) is 29.1 Å². The Hall–Kier alpha value is -0.740. The van der Waals surface area contributed by atoms with E-state index >= 15 is 0 Å². The highest BCUT2D eigenvalue weighted by molar-refractivity contribution is 8.00. The fraction of sp³-hybridized carbons (Fsp3) is 0.417. The third-order valence-electron chi connectivity index (χ3n) is 2.50. The Morgan fingerprint density at radius 1 is 1.59 bits per heavy atom. The lowest BCUT2D eigenvalue weighted by molar-refractivity contribution is -0.120. The first-order valence-corrected chi connectivity index (χ1v) is 6.74. The Labute approximate surface area is 109 Å². The highest BCUT2D eigenvalue weighted by atomic mass is 35.5. The molecule has 1 fully saturated rings. The lowest BCUT2D eigenvalue weighted by Gasteiger charge is -2.11. The van der Waals surface area contributed by atoms with Crippen molar-refractivity contribution in [3.05, 3.63) is 29.0 Å². The maximum Gasteiger partial charge on any atom is 0.233 e. The summed E-state index contributed by atoms with van der Waals surface area (Å²) in [4.78, 5) is 12.5. The Kier molecular flexibility index (Phi) is 3.94. The largest absolute Gasteiger partial charge is 0.352 e. The van der Waals surface area contributed by atoms with Gasteiger partial charge in [-0.2, -0.15) is 0 Å². The smallest absolute Gasteiger partial charge is 0.233 e. The second-order valence-electron chi connectivity index (χ2n) is 4.12. The molecule has 1 aliphatic rings. The summed E-state index contributed by atoms with van der Waals surface area (Å²) in [6, 6.07) is 4.85. The van der Waals surface area contributed by atoms with E-state index in [1.54, 1.807) is 12.1 Å². The maximum absolute atomic E-state index is 13.0. The average molecular weight is 274 g/mol. The highest BCUT2D eigenvalue weighted by Gasteiger charge is 2.25. The predicted octanol–water partition coefficient (Wildman–Crippen LogP) is 3.24. The first-order chi connectivity index (χ1) is 8.06. The summed E-state index contributed by atoms with van der Waals surface area (Å²) in [7, 11) is 0. The van der Waals surface area contributed by atoms with Gasteiger partial charge in [0.1, 0.15) is 5.82 Å². The van der Waals surface area contributed by atoms with Gasteiger partial charge in [0, 0.05) is 10.9 Å². The van der Waals surface area contributed by atoms with E-state index in [4.69, 9.17) is 11.6 Å². The molecule has 1 N–H and O–H groups in total. The van der Waals surface area contributed by atoms with Gasteiger partial charge in [-0.25, -0.2) is 4.39 Å². The van der Waals surface area contributed by atoms with Crippen molar-refractivity contribution in [3.8, 4) is 0 Å². The molecule has 1 aromatic rings. The number of carbonyl (C=O) groups is 1. The van der Waals surface area contributed by atoms with E-state index in [-0.39, 0.29) is 16.2 Å². The number of carbonyl (C=O) groups excluding carboxylic acids is 1. The summed E-state index contributed by atoms with van der Waals surface area (Å²) < 4.78 is 13.0. The van der Waals surface area contributed by atoms with E-state index in [9.17, 15) is 9.18 Å². The first-order valence-electron chi connectivity index (χ1n) is 5.48. The average Bonchev–Trinajstić information content (AvgIpc) is 3.07. The van der Waals surface area contributed by atoms with Crippen molar-refractivity contribution in [1.29, 1.82) is 0 Å².